The Hall–Kier alpha value is -0.465. The van der Waals surface area contributed by atoms with Gasteiger partial charge in [-0.05, 0) is 19.3 Å². The van der Waals surface area contributed by atoms with E-state index in [9.17, 15) is 4.79 Å². The third-order valence-corrected chi connectivity index (χ3v) is 2.26. The van der Waals surface area contributed by atoms with E-state index in [1.54, 1.807) is 0 Å². The Morgan fingerprint density at radius 2 is 2.50 bits per heavy atom. The van der Waals surface area contributed by atoms with Crippen LogP contribution < -0.4 is 0 Å². The average molecular weight is 139 g/mol. The van der Waals surface area contributed by atoms with Crippen LogP contribution in [0.5, 0.6) is 0 Å². The second-order valence-corrected chi connectivity index (χ2v) is 3.01. The molecule has 1 aliphatic heterocycles. The highest BCUT2D eigenvalue weighted by molar-refractivity contribution is 6.14. The van der Waals surface area contributed by atoms with Gasteiger partial charge >= 0.3 is 0 Å². The molecule has 1 aliphatic rings. The number of carbonyl (C=O) groups is 1. The van der Waals surface area contributed by atoms with Crippen molar-refractivity contribution in [1.82, 2.24) is 4.81 Å². The maximum absolute atomic E-state index is 11.3. The minimum atomic E-state index is 0.318. The molecule has 56 valence electrons. The highest BCUT2D eigenvalue weighted by atomic mass is 16.2. The van der Waals surface area contributed by atoms with Gasteiger partial charge in [-0.3, -0.25) is 4.79 Å². The molecule has 1 saturated heterocycles. The Morgan fingerprint density at radius 3 is 3.00 bits per heavy atom. The normalized spacial score (nSPS) is 27.1. The van der Waals surface area contributed by atoms with Crippen LogP contribution in [-0.4, -0.2) is 25.2 Å². The fourth-order valence-corrected chi connectivity index (χ4v) is 1.50. The van der Waals surface area contributed by atoms with Gasteiger partial charge in [0.1, 0.15) is 0 Å². The van der Waals surface area contributed by atoms with Gasteiger partial charge < -0.3 is 4.81 Å². The SMILES string of the molecule is BN1CCCC(CC)C1=O. The second kappa shape index (κ2) is 3.08. The van der Waals surface area contributed by atoms with Crippen LogP contribution in [0.2, 0.25) is 0 Å². The first kappa shape index (κ1) is 7.64. The number of rotatable bonds is 1. The van der Waals surface area contributed by atoms with Gasteiger partial charge in [-0.15, -0.1) is 0 Å². The van der Waals surface area contributed by atoms with Crippen molar-refractivity contribution < 1.29 is 4.79 Å². The first-order chi connectivity index (χ1) is 4.75. The summed E-state index contributed by atoms with van der Waals surface area (Å²) in [4.78, 5) is 13.1. The van der Waals surface area contributed by atoms with Crippen molar-refractivity contribution >= 4 is 13.9 Å². The fourth-order valence-electron chi connectivity index (χ4n) is 1.50. The summed E-state index contributed by atoms with van der Waals surface area (Å²) in [5.41, 5.74) is 0. The average Bonchev–Trinajstić information content (AvgIpc) is 1.95. The number of hydrogen-bond acceptors (Lipinski definition) is 1. The molecule has 1 atom stereocenters. The van der Waals surface area contributed by atoms with Crippen molar-refractivity contribution in [2.45, 2.75) is 26.2 Å². The predicted octanol–water partition coefficient (Wildman–Crippen LogP) is 0.183. The zero-order chi connectivity index (χ0) is 7.56. The molecule has 2 nitrogen and oxygen atoms in total. The Bertz CT molecular complexity index is 138. The van der Waals surface area contributed by atoms with Crippen molar-refractivity contribution in [3.8, 4) is 0 Å². The molecule has 0 aromatic heterocycles. The Morgan fingerprint density at radius 1 is 1.80 bits per heavy atom. The monoisotopic (exact) mass is 139 g/mol. The van der Waals surface area contributed by atoms with E-state index < -0.39 is 0 Å². The van der Waals surface area contributed by atoms with Crippen molar-refractivity contribution in [2.75, 3.05) is 6.54 Å². The molecule has 1 fully saturated rings. The summed E-state index contributed by atoms with van der Waals surface area (Å²) >= 11 is 0. The van der Waals surface area contributed by atoms with Gasteiger partial charge in [0.25, 0.3) is 0 Å². The molecule has 1 heterocycles. The Balaban J connectivity index is 2.51. The molecule has 10 heavy (non-hydrogen) atoms. The summed E-state index contributed by atoms with van der Waals surface area (Å²) in [6.07, 6.45) is 3.28. The molecule has 0 bridgehead atoms. The Labute approximate surface area is 63.0 Å². The van der Waals surface area contributed by atoms with Crippen molar-refractivity contribution in [3.05, 3.63) is 0 Å². The van der Waals surface area contributed by atoms with E-state index in [1.807, 2.05) is 12.8 Å². The molecule has 0 N–H and O–H groups in total. The van der Waals surface area contributed by atoms with E-state index in [1.165, 1.54) is 6.42 Å². The molecule has 0 aliphatic carbocycles. The van der Waals surface area contributed by atoms with Crippen LogP contribution in [0.3, 0.4) is 0 Å². The van der Waals surface area contributed by atoms with Gasteiger partial charge in [-0.2, -0.15) is 0 Å². The van der Waals surface area contributed by atoms with Gasteiger partial charge in [0.05, 0.1) is 0 Å². The summed E-state index contributed by atoms with van der Waals surface area (Å²) in [6, 6.07) is 0. The van der Waals surface area contributed by atoms with E-state index in [-0.39, 0.29) is 0 Å². The van der Waals surface area contributed by atoms with Crippen LogP contribution in [0, 0.1) is 5.92 Å². The number of hydrogen-bond donors (Lipinski definition) is 0. The van der Waals surface area contributed by atoms with E-state index in [0.717, 1.165) is 19.4 Å². The summed E-state index contributed by atoms with van der Waals surface area (Å²) in [7, 11) is 1.89. The molecule has 1 unspecified atom stereocenters. The zero-order valence-corrected chi connectivity index (χ0v) is 6.76. The lowest BCUT2D eigenvalue weighted by Crippen LogP contribution is -2.38. The zero-order valence-electron chi connectivity index (χ0n) is 6.76. The number of amides is 1. The molecular weight excluding hydrogens is 125 g/mol. The second-order valence-electron chi connectivity index (χ2n) is 3.01. The third-order valence-electron chi connectivity index (χ3n) is 2.26. The number of piperidine rings is 1. The van der Waals surface area contributed by atoms with Gasteiger partial charge in [-0.1, -0.05) is 6.92 Å². The standard InChI is InChI=1S/C7H14BNO/c1-2-6-4-3-5-9(8)7(6)10/h6H,2-5,8H2,1H3. The molecule has 1 amide bonds. The lowest BCUT2D eigenvalue weighted by Gasteiger charge is -2.28. The van der Waals surface area contributed by atoms with Crippen LogP contribution in [0.1, 0.15) is 26.2 Å². The van der Waals surface area contributed by atoms with Crippen LogP contribution in [0.4, 0.5) is 0 Å². The summed E-state index contributed by atoms with van der Waals surface area (Å²) in [5.74, 6) is 0.660. The molecule has 0 aromatic carbocycles. The number of nitrogens with zero attached hydrogens (tertiary/aromatic N) is 1. The highest BCUT2D eigenvalue weighted by Gasteiger charge is 2.23. The van der Waals surface area contributed by atoms with Crippen molar-refractivity contribution in [3.63, 3.8) is 0 Å². The maximum atomic E-state index is 11.3. The summed E-state index contributed by atoms with van der Waals surface area (Å²) in [6.45, 7) is 3.04. The topological polar surface area (TPSA) is 20.3 Å². The van der Waals surface area contributed by atoms with Crippen molar-refractivity contribution in [2.24, 2.45) is 5.92 Å². The van der Waals surface area contributed by atoms with Crippen LogP contribution >= 0.6 is 0 Å². The first-order valence-electron chi connectivity index (χ1n) is 4.00. The lowest BCUT2D eigenvalue weighted by molar-refractivity contribution is -0.133. The van der Waals surface area contributed by atoms with Gasteiger partial charge in [0.15, 0.2) is 0 Å². The molecule has 0 aromatic rings. The smallest absolute Gasteiger partial charge is 0.221 e. The van der Waals surface area contributed by atoms with E-state index in [2.05, 4.69) is 6.92 Å². The molecule has 3 heteroatoms. The summed E-state index contributed by atoms with van der Waals surface area (Å²) < 4.78 is 0. The van der Waals surface area contributed by atoms with E-state index in [4.69, 9.17) is 0 Å². The minimum Gasteiger partial charge on any atom is -0.393 e. The maximum Gasteiger partial charge on any atom is 0.221 e. The quantitative estimate of drug-likeness (QED) is 0.474. The lowest BCUT2D eigenvalue weighted by atomic mass is 9.93. The van der Waals surface area contributed by atoms with Gasteiger partial charge in [0.2, 0.25) is 13.9 Å². The third kappa shape index (κ3) is 1.33. The first-order valence-corrected chi connectivity index (χ1v) is 4.00. The molecular formula is C7H14BNO. The van der Waals surface area contributed by atoms with Crippen LogP contribution in [0.25, 0.3) is 0 Å². The molecule has 0 radical (unpaired) electrons. The molecule has 1 rings (SSSR count). The van der Waals surface area contributed by atoms with E-state index in [0.29, 0.717) is 11.8 Å². The molecule has 0 saturated carbocycles. The summed E-state index contributed by atoms with van der Waals surface area (Å²) in [5, 5.41) is 0. The highest BCUT2D eigenvalue weighted by Crippen LogP contribution is 2.18. The van der Waals surface area contributed by atoms with E-state index >= 15 is 0 Å². The predicted molar refractivity (Wildman–Crippen MR) is 43.3 cm³/mol. The molecule has 0 spiro atoms. The minimum absolute atomic E-state index is 0.318. The van der Waals surface area contributed by atoms with Gasteiger partial charge in [0, 0.05) is 12.5 Å². The van der Waals surface area contributed by atoms with Crippen LogP contribution in [-0.2, 0) is 4.79 Å². The largest absolute Gasteiger partial charge is 0.393 e. The van der Waals surface area contributed by atoms with Gasteiger partial charge in [-0.25, -0.2) is 0 Å². The Kier molecular flexibility index (Phi) is 2.36. The fraction of sp³-hybridized carbons (Fsp3) is 0.857. The van der Waals surface area contributed by atoms with Crippen LogP contribution in [0.15, 0.2) is 0 Å². The number of carbonyl (C=O) groups excluding carboxylic acids is 1. The van der Waals surface area contributed by atoms with Crippen molar-refractivity contribution in [1.29, 1.82) is 0 Å².